The van der Waals surface area contributed by atoms with Crippen molar-refractivity contribution in [2.75, 3.05) is 0 Å². The third-order valence-corrected chi connectivity index (χ3v) is 3.47. The summed E-state index contributed by atoms with van der Waals surface area (Å²) in [5.41, 5.74) is 0.874. The molecular formula is C15H12ClN3O2. The first-order valence-corrected chi connectivity index (χ1v) is 6.76. The molecule has 2 aromatic heterocycles. The van der Waals surface area contributed by atoms with Crippen LogP contribution >= 0.6 is 11.6 Å². The molecule has 106 valence electrons. The second kappa shape index (κ2) is 5.63. The van der Waals surface area contributed by atoms with E-state index in [1.807, 2.05) is 0 Å². The maximum Gasteiger partial charge on any atom is 0.262 e. The Bertz CT molecular complexity index is 830. The lowest BCUT2D eigenvalue weighted by molar-refractivity contribution is 0.155. The van der Waals surface area contributed by atoms with E-state index in [2.05, 4.69) is 9.97 Å². The highest BCUT2D eigenvalue weighted by atomic mass is 35.5. The molecule has 0 aliphatic carbocycles. The summed E-state index contributed by atoms with van der Waals surface area (Å²) >= 11 is 5.81. The highest BCUT2D eigenvalue weighted by Gasteiger charge is 2.11. The molecule has 0 bridgehead atoms. The first-order chi connectivity index (χ1) is 10.1. The van der Waals surface area contributed by atoms with Gasteiger partial charge in [0, 0.05) is 11.2 Å². The highest BCUT2D eigenvalue weighted by molar-refractivity contribution is 6.30. The molecule has 0 radical (unpaired) electrons. The summed E-state index contributed by atoms with van der Waals surface area (Å²) in [7, 11) is 0. The van der Waals surface area contributed by atoms with Crippen molar-refractivity contribution in [3.05, 3.63) is 69.9 Å². The van der Waals surface area contributed by atoms with Crippen molar-refractivity contribution < 1.29 is 5.11 Å². The zero-order valence-corrected chi connectivity index (χ0v) is 11.7. The van der Waals surface area contributed by atoms with Gasteiger partial charge in [-0.3, -0.25) is 9.36 Å². The van der Waals surface area contributed by atoms with Crippen LogP contribution in [-0.4, -0.2) is 19.6 Å². The summed E-state index contributed by atoms with van der Waals surface area (Å²) in [5, 5.41) is 11.2. The number of hydrogen-bond donors (Lipinski definition) is 1. The van der Waals surface area contributed by atoms with E-state index in [4.69, 9.17) is 11.6 Å². The lowest BCUT2D eigenvalue weighted by atomic mass is 10.1. The first-order valence-electron chi connectivity index (χ1n) is 6.39. The summed E-state index contributed by atoms with van der Waals surface area (Å²) in [6.45, 7) is 0.123. The molecule has 0 spiro atoms. The van der Waals surface area contributed by atoms with E-state index in [9.17, 15) is 9.90 Å². The molecule has 1 unspecified atom stereocenters. The van der Waals surface area contributed by atoms with Gasteiger partial charge in [-0.25, -0.2) is 9.97 Å². The smallest absolute Gasteiger partial charge is 0.262 e. The van der Waals surface area contributed by atoms with Gasteiger partial charge in [-0.05, 0) is 29.8 Å². The number of aliphatic hydroxyl groups is 1. The lowest BCUT2D eigenvalue weighted by Crippen LogP contribution is -2.24. The quantitative estimate of drug-likeness (QED) is 0.805. The van der Waals surface area contributed by atoms with Gasteiger partial charge in [0.05, 0.1) is 18.0 Å². The van der Waals surface area contributed by atoms with Crippen LogP contribution in [0.3, 0.4) is 0 Å². The van der Waals surface area contributed by atoms with E-state index in [1.54, 1.807) is 42.6 Å². The van der Waals surface area contributed by atoms with Crippen LogP contribution in [0.2, 0.25) is 5.02 Å². The highest BCUT2D eigenvalue weighted by Crippen LogP contribution is 2.17. The molecule has 2 heterocycles. The molecule has 3 aromatic rings. The Kier molecular flexibility index (Phi) is 3.68. The average Bonchev–Trinajstić information content (AvgIpc) is 2.51. The monoisotopic (exact) mass is 301 g/mol. The molecule has 1 aromatic carbocycles. The topological polar surface area (TPSA) is 68.0 Å². The second-order valence-corrected chi connectivity index (χ2v) is 5.08. The van der Waals surface area contributed by atoms with E-state index in [1.165, 1.54) is 10.9 Å². The normalized spacial score (nSPS) is 12.5. The minimum atomic E-state index is -0.809. The van der Waals surface area contributed by atoms with Crippen molar-refractivity contribution in [2.24, 2.45) is 0 Å². The van der Waals surface area contributed by atoms with Crippen LogP contribution in [0.4, 0.5) is 0 Å². The molecule has 1 atom stereocenters. The van der Waals surface area contributed by atoms with Gasteiger partial charge in [-0.2, -0.15) is 0 Å². The fourth-order valence-corrected chi connectivity index (χ4v) is 2.23. The maximum atomic E-state index is 12.3. The molecule has 0 aliphatic heterocycles. The van der Waals surface area contributed by atoms with Gasteiger partial charge in [-0.15, -0.1) is 0 Å². The number of fused-ring (bicyclic) bond motifs is 1. The lowest BCUT2D eigenvalue weighted by Gasteiger charge is -2.13. The molecular weight excluding hydrogens is 290 g/mol. The number of pyridine rings is 1. The minimum absolute atomic E-state index is 0.123. The molecule has 6 heteroatoms. The molecule has 0 amide bonds. The number of aliphatic hydroxyl groups excluding tert-OH is 1. The van der Waals surface area contributed by atoms with Crippen LogP contribution in [0.25, 0.3) is 11.0 Å². The number of nitrogens with zero attached hydrogens (tertiary/aromatic N) is 3. The van der Waals surface area contributed by atoms with Crippen molar-refractivity contribution in [1.29, 1.82) is 0 Å². The zero-order valence-electron chi connectivity index (χ0n) is 11.0. The Morgan fingerprint density at radius 3 is 2.71 bits per heavy atom. The van der Waals surface area contributed by atoms with Crippen LogP contribution in [0.15, 0.2) is 53.7 Å². The molecule has 0 fully saturated rings. The Labute approximate surface area is 125 Å². The third-order valence-electron chi connectivity index (χ3n) is 3.22. The van der Waals surface area contributed by atoms with Crippen LogP contribution in [0.5, 0.6) is 0 Å². The fraction of sp³-hybridized carbons (Fsp3) is 0.133. The standard InChI is InChI=1S/C15H12ClN3O2/c16-11-5-3-10(4-6-11)13(20)8-19-9-18-14-12(15(19)21)2-1-7-17-14/h1-7,9,13,20H,8H2. The summed E-state index contributed by atoms with van der Waals surface area (Å²) in [4.78, 5) is 20.5. The molecule has 5 nitrogen and oxygen atoms in total. The Morgan fingerprint density at radius 1 is 1.19 bits per heavy atom. The largest absolute Gasteiger partial charge is 0.387 e. The second-order valence-electron chi connectivity index (χ2n) is 4.64. The summed E-state index contributed by atoms with van der Waals surface area (Å²) < 4.78 is 1.38. The van der Waals surface area contributed by atoms with E-state index < -0.39 is 6.10 Å². The number of hydrogen-bond acceptors (Lipinski definition) is 4. The van der Waals surface area contributed by atoms with Crippen molar-refractivity contribution in [3.63, 3.8) is 0 Å². The van der Waals surface area contributed by atoms with Crippen LogP contribution in [0, 0.1) is 0 Å². The molecule has 0 saturated heterocycles. The predicted molar refractivity (Wildman–Crippen MR) is 80.2 cm³/mol. The van der Waals surface area contributed by atoms with E-state index in [0.29, 0.717) is 21.6 Å². The van der Waals surface area contributed by atoms with Crippen LogP contribution in [-0.2, 0) is 6.54 Å². The van der Waals surface area contributed by atoms with Crippen LogP contribution in [0.1, 0.15) is 11.7 Å². The zero-order chi connectivity index (χ0) is 14.8. The number of halogens is 1. The van der Waals surface area contributed by atoms with Gasteiger partial charge >= 0.3 is 0 Å². The van der Waals surface area contributed by atoms with E-state index in [-0.39, 0.29) is 12.1 Å². The predicted octanol–water partition coefficient (Wildman–Crippen LogP) is 2.18. The number of benzene rings is 1. The fourth-order valence-electron chi connectivity index (χ4n) is 2.11. The molecule has 3 rings (SSSR count). The molecule has 0 aliphatic rings. The molecule has 21 heavy (non-hydrogen) atoms. The maximum absolute atomic E-state index is 12.3. The first kappa shape index (κ1) is 13.7. The van der Waals surface area contributed by atoms with Crippen molar-refractivity contribution in [1.82, 2.24) is 14.5 Å². The summed E-state index contributed by atoms with van der Waals surface area (Å²) in [6, 6.07) is 10.2. The van der Waals surface area contributed by atoms with Crippen molar-refractivity contribution in [2.45, 2.75) is 12.6 Å². The third kappa shape index (κ3) is 2.79. The minimum Gasteiger partial charge on any atom is -0.387 e. The van der Waals surface area contributed by atoms with Gasteiger partial charge in [0.2, 0.25) is 0 Å². The summed E-state index contributed by atoms with van der Waals surface area (Å²) in [5.74, 6) is 0. The van der Waals surface area contributed by atoms with Crippen LogP contribution < -0.4 is 5.56 Å². The SMILES string of the molecule is O=c1c2cccnc2ncn1CC(O)c1ccc(Cl)cc1. The van der Waals surface area contributed by atoms with E-state index >= 15 is 0 Å². The van der Waals surface area contributed by atoms with Crippen molar-refractivity contribution >= 4 is 22.6 Å². The van der Waals surface area contributed by atoms with Gasteiger partial charge in [0.1, 0.15) is 6.33 Å². The Hall–Kier alpha value is -2.24. The number of aromatic nitrogens is 3. The van der Waals surface area contributed by atoms with Gasteiger partial charge in [-0.1, -0.05) is 23.7 Å². The van der Waals surface area contributed by atoms with Crippen molar-refractivity contribution in [3.8, 4) is 0 Å². The number of rotatable bonds is 3. The Morgan fingerprint density at radius 2 is 1.95 bits per heavy atom. The molecule has 1 N–H and O–H groups in total. The van der Waals surface area contributed by atoms with Gasteiger partial charge < -0.3 is 5.11 Å². The van der Waals surface area contributed by atoms with Gasteiger partial charge in [0.15, 0.2) is 5.65 Å². The van der Waals surface area contributed by atoms with E-state index in [0.717, 1.165) is 0 Å². The molecule has 0 saturated carbocycles. The Balaban J connectivity index is 1.93. The summed E-state index contributed by atoms with van der Waals surface area (Å²) in [6.07, 6.45) is 2.18. The van der Waals surface area contributed by atoms with Gasteiger partial charge in [0.25, 0.3) is 5.56 Å². The average molecular weight is 302 g/mol.